The summed E-state index contributed by atoms with van der Waals surface area (Å²) in [5.41, 5.74) is 0.0955. The lowest BCUT2D eigenvalue weighted by atomic mass is 10.3. The molecule has 0 aliphatic carbocycles. The van der Waals surface area contributed by atoms with Crippen LogP contribution >= 0.6 is 15.9 Å². The second kappa shape index (κ2) is 4.19. The molecule has 74 valence electrons. The van der Waals surface area contributed by atoms with Crippen molar-refractivity contribution in [3.63, 3.8) is 0 Å². The topological polar surface area (TPSA) is 66.4 Å². The van der Waals surface area contributed by atoms with Crippen LogP contribution in [0.25, 0.3) is 0 Å². The lowest BCUT2D eigenvalue weighted by molar-refractivity contribution is -0.147. The molecule has 0 fully saturated rings. The van der Waals surface area contributed by atoms with E-state index >= 15 is 0 Å². The van der Waals surface area contributed by atoms with Crippen LogP contribution in [-0.2, 0) is 9.59 Å². The summed E-state index contributed by atoms with van der Waals surface area (Å²) in [6, 6.07) is 3.77. The van der Waals surface area contributed by atoms with Crippen molar-refractivity contribution in [2.45, 2.75) is 0 Å². The van der Waals surface area contributed by atoms with Crippen molar-refractivity contribution >= 4 is 33.5 Å². The maximum absolute atomic E-state index is 12.9. The van der Waals surface area contributed by atoms with Crippen molar-refractivity contribution in [2.24, 2.45) is 0 Å². The molecule has 1 aromatic carbocycles. The van der Waals surface area contributed by atoms with E-state index in [0.29, 0.717) is 0 Å². The largest absolute Gasteiger partial charge is 0.474 e. The minimum absolute atomic E-state index is 0.0955. The van der Waals surface area contributed by atoms with Gasteiger partial charge in [-0.25, -0.2) is 9.18 Å². The summed E-state index contributed by atoms with van der Waals surface area (Å²) in [7, 11) is 0. The monoisotopic (exact) mass is 261 g/mol. The van der Waals surface area contributed by atoms with Crippen molar-refractivity contribution in [1.82, 2.24) is 0 Å². The Hall–Kier alpha value is -1.43. The van der Waals surface area contributed by atoms with E-state index in [9.17, 15) is 14.0 Å². The summed E-state index contributed by atoms with van der Waals surface area (Å²) < 4.78 is 13.1. The van der Waals surface area contributed by atoms with Crippen LogP contribution in [0.2, 0.25) is 0 Å². The molecule has 0 bridgehead atoms. The molecule has 0 aromatic heterocycles. The molecule has 0 aliphatic heterocycles. The summed E-state index contributed by atoms with van der Waals surface area (Å²) in [5.74, 6) is -3.40. The molecule has 0 saturated heterocycles. The van der Waals surface area contributed by atoms with Gasteiger partial charge < -0.3 is 10.4 Å². The van der Waals surface area contributed by atoms with Crippen LogP contribution in [0.3, 0.4) is 0 Å². The molecule has 14 heavy (non-hydrogen) atoms. The first-order chi connectivity index (χ1) is 6.50. The fraction of sp³-hybridized carbons (Fsp3) is 0. The quantitative estimate of drug-likeness (QED) is 0.755. The van der Waals surface area contributed by atoms with E-state index in [1.54, 1.807) is 0 Å². The number of anilines is 1. The highest BCUT2D eigenvalue weighted by molar-refractivity contribution is 9.10. The van der Waals surface area contributed by atoms with Crippen LogP contribution in [0.5, 0.6) is 0 Å². The maximum Gasteiger partial charge on any atom is 0.394 e. The zero-order valence-corrected chi connectivity index (χ0v) is 8.34. The number of hydrogen-bond donors (Lipinski definition) is 2. The number of aliphatic carboxylic acids is 1. The fourth-order valence-electron chi connectivity index (χ4n) is 0.758. The van der Waals surface area contributed by atoms with E-state index < -0.39 is 17.7 Å². The lowest BCUT2D eigenvalue weighted by Crippen LogP contribution is -2.21. The van der Waals surface area contributed by atoms with E-state index in [4.69, 9.17) is 5.11 Å². The molecule has 4 nitrogen and oxygen atoms in total. The molecule has 0 atom stereocenters. The molecular formula is C8H5BrFNO3. The second-order valence-corrected chi connectivity index (χ2v) is 3.24. The van der Waals surface area contributed by atoms with Crippen molar-refractivity contribution in [1.29, 1.82) is 0 Å². The van der Waals surface area contributed by atoms with E-state index in [1.807, 2.05) is 5.32 Å². The number of nitrogens with one attached hydrogen (secondary N) is 1. The zero-order chi connectivity index (χ0) is 10.7. The van der Waals surface area contributed by atoms with Gasteiger partial charge in [-0.15, -0.1) is 0 Å². The number of benzene rings is 1. The first-order valence-electron chi connectivity index (χ1n) is 3.50. The van der Waals surface area contributed by atoms with Gasteiger partial charge in [0.05, 0.1) is 4.47 Å². The number of rotatable bonds is 1. The van der Waals surface area contributed by atoms with Crippen LogP contribution in [0.15, 0.2) is 22.7 Å². The first-order valence-corrected chi connectivity index (χ1v) is 4.29. The highest BCUT2D eigenvalue weighted by Crippen LogP contribution is 2.19. The van der Waals surface area contributed by atoms with E-state index in [1.165, 1.54) is 12.1 Å². The van der Waals surface area contributed by atoms with Crippen LogP contribution in [0.4, 0.5) is 10.1 Å². The molecule has 6 heteroatoms. The van der Waals surface area contributed by atoms with E-state index in [-0.39, 0.29) is 10.2 Å². The second-order valence-electron chi connectivity index (χ2n) is 2.39. The Labute approximate surface area is 86.9 Å². The van der Waals surface area contributed by atoms with Crippen molar-refractivity contribution in [2.75, 3.05) is 5.32 Å². The summed E-state index contributed by atoms with van der Waals surface area (Å²) in [4.78, 5) is 20.8. The van der Waals surface area contributed by atoms with Gasteiger partial charge in [0, 0.05) is 5.69 Å². The third-order valence-electron chi connectivity index (χ3n) is 1.37. The van der Waals surface area contributed by atoms with E-state index in [2.05, 4.69) is 15.9 Å². The van der Waals surface area contributed by atoms with Gasteiger partial charge in [0.1, 0.15) is 5.82 Å². The van der Waals surface area contributed by atoms with Crippen LogP contribution in [0, 0.1) is 5.82 Å². The van der Waals surface area contributed by atoms with Gasteiger partial charge in [-0.05, 0) is 34.1 Å². The summed E-state index contributed by atoms with van der Waals surface area (Å²) in [5, 5.41) is 10.3. The fourth-order valence-corrected chi connectivity index (χ4v) is 1.01. The molecule has 0 radical (unpaired) electrons. The molecule has 0 unspecified atom stereocenters. The van der Waals surface area contributed by atoms with Crippen molar-refractivity contribution < 1.29 is 19.1 Å². The summed E-state index contributed by atoms with van der Waals surface area (Å²) in [6.07, 6.45) is 0. The summed E-state index contributed by atoms with van der Waals surface area (Å²) in [6.45, 7) is 0. The Kier molecular flexibility index (Phi) is 3.19. The molecule has 1 amide bonds. The third kappa shape index (κ3) is 2.53. The SMILES string of the molecule is O=C(O)C(=O)Nc1ccc(Br)c(F)c1. The Morgan fingerprint density at radius 1 is 1.43 bits per heavy atom. The molecular weight excluding hydrogens is 257 g/mol. The predicted octanol–water partition coefficient (Wildman–Crippen LogP) is 1.61. The minimum Gasteiger partial charge on any atom is -0.474 e. The minimum atomic E-state index is -1.62. The van der Waals surface area contributed by atoms with Gasteiger partial charge in [-0.1, -0.05) is 0 Å². The number of halogens is 2. The molecule has 0 saturated carbocycles. The number of carbonyl (C=O) groups is 2. The number of carboxylic acid groups (broad SMARTS) is 1. The molecule has 1 aromatic rings. The Morgan fingerprint density at radius 2 is 2.07 bits per heavy atom. The van der Waals surface area contributed by atoms with Gasteiger partial charge in [-0.2, -0.15) is 0 Å². The maximum atomic E-state index is 12.9. The lowest BCUT2D eigenvalue weighted by Gasteiger charge is -2.02. The predicted molar refractivity (Wildman–Crippen MR) is 50.4 cm³/mol. The van der Waals surface area contributed by atoms with Crippen molar-refractivity contribution in [3.8, 4) is 0 Å². The van der Waals surface area contributed by atoms with Gasteiger partial charge in [0.15, 0.2) is 0 Å². The third-order valence-corrected chi connectivity index (χ3v) is 2.01. The Bertz CT molecular complexity index is 394. The molecule has 0 spiro atoms. The number of amides is 1. The number of carbonyl (C=O) groups excluding carboxylic acids is 1. The number of carboxylic acids is 1. The Balaban J connectivity index is 2.83. The average Bonchev–Trinajstić information content (AvgIpc) is 2.11. The standard InChI is InChI=1S/C8H5BrFNO3/c9-5-2-1-4(3-6(5)10)11-7(12)8(13)14/h1-3H,(H,11,12)(H,13,14). The van der Waals surface area contributed by atoms with Gasteiger partial charge in [0.2, 0.25) is 0 Å². The van der Waals surface area contributed by atoms with Crippen LogP contribution < -0.4 is 5.32 Å². The highest BCUT2D eigenvalue weighted by atomic mass is 79.9. The highest BCUT2D eigenvalue weighted by Gasteiger charge is 2.11. The van der Waals surface area contributed by atoms with Crippen molar-refractivity contribution in [3.05, 3.63) is 28.5 Å². The van der Waals surface area contributed by atoms with E-state index in [0.717, 1.165) is 6.07 Å². The zero-order valence-electron chi connectivity index (χ0n) is 6.75. The molecule has 0 heterocycles. The average molecular weight is 262 g/mol. The smallest absolute Gasteiger partial charge is 0.394 e. The Morgan fingerprint density at radius 3 is 2.57 bits per heavy atom. The van der Waals surface area contributed by atoms with Crippen LogP contribution in [0.1, 0.15) is 0 Å². The first kappa shape index (κ1) is 10.6. The normalized spacial score (nSPS) is 9.57. The molecule has 1 rings (SSSR count). The van der Waals surface area contributed by atoms with Crippen LogP contribution in [-0.4, -0.2) is 17.0 Å². The molecule has 2 N–H and O–H groups in total. The van der Waals surface area contributed by atoms with Gasteiger partial charge in [0.25, 0.3) is 0 Å². The molecule has 0 aliphatic rings. The number of hydrogen-bond acceptors (Lipinski definition) is 2. The summed E-state index contributed by atoms with van der Waals surface area (Å²) >= 11 is 2.92. The van der Waals surface area contributed by atoms with Gasteiger partial charge in [-0.3, -0.25) is 4.79 Å². The van der Waals surface area contributed by atoms with Gasteiger partial charge >= 0.3 is 11.9 Å².